The van der Waals surface area contributed by atoms with Crippen LogP contribution in [0.3, 0.4) is 0 Å². The third-order valence-electron chi connectivity index (χ3n) is 2.85. The fraction of sp³-hybridized carbons (Fsp3) is 0.0588. The van der Waals surface area contributed by atoms with Crippen LogP contribution in [0.15, 0.2) is 67.9 Å². The van der Waals surface area contributed by atoms with Crippen LogP contribution in [0, 0.1) is 6.92 Å². The van der Waals surface area contributed by atoms with Crippen molar-refractivity contribution >= 4 is 5.57 Å². The van der Waals surface area contributed by atoms with E-state index in [0.29, 0.717) is 0 Å². The van der Waals surface area contributed by atoms with Crippen LogP contribution < -0.4 is 0 Å². The third-order valence-corrected chi connectivity index (χ3v) is 2.85. The van der Waals surface area contributed by atoms with E-state index in [1.54, 1.807) is 6.08 Å². The van der Waals surface area contributed by atoms with Gasteiger partial charge in [0, 0.05) is 11.9 Å². The molecule has 0 aliphatic carbocycles. The summed E-state index contributed by atoms with van der Waals surface area (Å²) in [4.78, 5) is 3.27. The molecule has 0 amide bonds. The number of rotatable bonds is 4. The number of nitrogens with one attached hydrogen (secondary N) is 1. The van der Waals surface area contributed by atoms with Crippen LogP contribution in [-0.2, 0) is 0 Å². The molecular weight excluding hydrogens is 218 g/mol. The molecule has 0 fully saturated rings. The third kappa shape index (κ3) is 2.51. The van der Waals surface area contributed by atoms with Crippen molar-refractivity contribution in [3.63, 3.8) is 0 Å². The van der Waals surface area contributed by atoms with Gasteiger partial charge in [-0.25, -0.2) is 0 Å². The monoisotopic (exact) mass is 235 g/mol. The van der Waals surface area contributed by atoms with Gasteiger partial charge in [-0.1, -0.05) is 49.6 Å². The van der Waals surface area contributed by atoms with E-state index in [2.05, 4.69) is 55.4 Å². The minimum absolute atomic E-state index is 1.08. The van der Waals surface area contributed by atoms with E-state index >= 15 is 0 Å². The van der Waals surface area contributed by atoms with Crippen molar-refractivity contribution in [2.75, 3.05) is 0 Å². The first-order valence-corrected chi connectivity index (χ1v) is 5.95. The lowest BCUT2D eigenvalue weighted by atomic mass is 10.0. The lowest BCUT2D eigenvalue weighted by Crippen LogP contribution is -1.83. The highest BCUT2D eigenvalue weighted by molar-refractivity contribution is 5.77. The van der Waals surface area contributed by atoms with E-state index in [1.165, 1.54) is 11.1 Å². The molecule has 1 N–H and O–H groups in total. The Balaban J connectivity index is 2.44. The molecule has 1 heteroatoms. The second kappa shape index (κ2) is 5.37. The van der Waals surface area contributed by atoms with Gasteiger partial charge in [0.05, 0.1) is 0 Å². The van der Waals surface area contributed by atoms with Crippen molar-refractivity contribution in [3.05, 3.63) is 79.0 Å². The predicted molar refractivity (Wildman–Crippen MR) is 79.3 cm³/mol. The maximum absolute atomic E-state index is 3.84. The maximum Gasteiger partial charge on any atom is 0.0456 e. The van der Waals surface area contributed by atoms with E-state index in [9.17, 15) is 0 Å². The number of benzene rings is 1. The van der Waals surface area contributed by atoms with Gasteiger partial charge in [-0.3, -0.25) is 0 Å². The fourth-order valence-electron chi connectivity index (χ4n) is 1.94. The van der Waals surface area contributed by atoms with Gasteiger partial charge in [0.1, 0.15) is 0 Å². The highest BCUT2D eigenvalue weighted by Crippen LogP contribution is 2.24. The Morgan fingerprint density at radius 3 is 2.67 bits per heavy atom. The zero-order valence-corrected chi connectivity index (χ0v) is 10.6. The van der Waals surface area contributed by atoms with Gasteiger partial charge in [-0.05, 0) is 41.3 Å². The molecule has 0 bridgehead atoms. The molecule has 0 aliphatic rings. The Hall–Kier alpha value is -2.28. The molecule has 0 spiro atoms. The predicted octanol–water partition coefficient (Wildman–Crippen LogP) is 4.75. The number of aromatic nitrogens is 1. The number of hydrogen-bond acceptors (Lipinski definition) is 0. The van der Waals surface area contributed by atoms with E-state index in [0.717, 1.165) is 16.8 Å². The summed E-state index contributed by atoms with van der Waals surface area (Å²) in [6.45, 7) is 9.65. The molecule has 0 radical (unpaired) electrons. The summed E-state index contributed by atoms with van der Waals surface area (Å²) in [6.07, 6.45) is 7.60. The summed E-state index contributed by atoms with van der Waals surface area (Å²) in [5, 5.41) is 0. The van der Waals surface area contributed by atoms with Crippen LogP contribution in [0.4, 0.5) is 0 Å². The smallest absolute Gasteiger partial charge is 0.0456 e. The highest BCUT2D eigenvalue weighted by Gasteiger charge is 2.02. The summed E-state index contributed by atoms with van der Waals surface area (Å²) >= 11 is 0. The second-order valence-electron chi connectivity index (χ2n) is 4.23. The molecule has 1 heterocycles. The van der Waals surface area contributed by atoms with E-state index in [-0.39, 0.29) is 0 Å². The van der Waals surface area contributed by atoms with Crippen LogP contribution >= 0.6 is 0 Å². The van der Waals surface area contributed by atoms with Crippen molar-refractivity contribution in [1.82, 2.24) is 4.98 Å². The molecule has 0 saturated carbocycles. The first-order chi connectivity index (χ1) is 8.74. The zero-order valence-electron chi connectivity index (χ0n) is 10.6. The molecule has 0 aliphatic heterocycles. The topological polar surface area (TPSA) is 15.8 Å². The van der Waals surface area contributed by atoms with Gasteiger partial charge in [0.25, 0.3) is 0 Å². The SMILES string of the molecule is C=C/C=C(\C=C)c1cccc(-c2cc(C)c[nH]2)c1. The van der Waals surface area contributed by atoms with Crippen LogP contribution in [0.2, 0.25) is 0 Å². The van der Waals surface area contributed by atoms with Crippen molar-refractivity contribution in [1.29, 1.82) is 0 Å². The Kier molecular flexibility index (Phi) is 3.63. The van der Waals surface area contributed by atoms with Gasteiger partial charge in [0.2, 0.25) is 0 Å². The number of allylic oxidation sites excluding steroid dienone is 4. The minimum Gasteiger partial charge on any atom is -0.361 e. The Morgan fingerprint density at radius 1 is 1.22 bits per heavy atom. The summed E-state index contributed by atoms with van der Waals surface area (Å²) in [6, 6.07) is 10.5. The molecule has 0 unspecified atom stereocenters. The molecule has 2 rings (SSSR count). The van der Waals surface area contributed by atoms with E-state index in [4.69, 9.17) is 0 Å². The molecule has 90 valence electrons. The summed E-state index contributed by atoms with van der Waals surface area (Å²) in [5.74, 6) is 0. The van der Waals surface area contributed by atoms with Crippen molar-refractivity contribution in [2.24, 2.45) is 0 Å². The Bertz CT molecular complexity index is 600. The number of aromatic amines is 1. The summed E-state index contributed by atoms with van der Waals surface area (Å²) in [7, 11) is 0. The Morgan fingerprint density at radius 2 is 2.06 bits per heavy atom. The first kappa shape index (κ1) is 12.2. The maximum atomic E-state index is 3.84. The molecule has 0 saturated heterocycles. The normalized spacial score (nSPS) is 11.3. The number of hydrogen-bond donors (Lipinski definition) is 1. The van der Waals surface area contributed by atoms with Crippen LogP contribution in [-0.4, -0.2) is 4.98 Å². The second-order valence-corrected chi connectivity index (χ2v) is 4.23. The molecule has 1 aromatic heterocycles. The quantitative estimate of drug-likeness (QED) is 0.736. The zero-order chi connectivity index (χ0) is 13.0. The van der Waals surface area contributed by atoms with Crippen LogP contribution in [0.25, 0.3) is 16.8 Å². The van der Waals surface area contributed by atoms with Gasteiger partial charge in [-0.15, -0.1) is 0 Å². The highest BCUT2D eigenvalue weighted by atomic mass is 14.7. The van der Waals surface area contributed by atoms with Crippen molar-refractivity contribution in [2.45, 2.75) is 6.92 Å². The molecular formula is C17H17N. The summed E-state index contributed by atoms with van der Waals surface area (Å²) in [5.41, 5.74) is 5.78. The number of aryl methyl sites for hydroxylation is 1. The van der Waals surface area contributed by atoms with Gasteiger partial charge in [0.15, 0.2) is 0 Å². The lowest BCUT2D eigenvalue weighted by molar-refractivity contribution is 1.38. The standard InChI is InChI=1S/C17H17N/c1-4-7-14(5-2)15-8-6-9-16(11-15)17-10-13(3)12-18-17/h4-12,18H,1-2H2,3H3/b14-7+. The molecule has 1 aromatic carbocycles. The van der Waals surface area contributed by atoms with Gasteiger partial charge in [-0.2, -0.15) is 0 Å². The van der Waals surface area contributed by atoms with E-state index in [1.807, 2.05) is 18.3 Å². The number of H-pyrrole nitrogens is 1. The molecule has 2 aromatic rings. The Labute approximate surface area is 108 Å². The molecule has 0 atom stereocenters. The average Bonchev–Trinajstić information content (AvgIpc) is 2.83. The molecule has 18 heavy (non-hydrogen) atoms. The first-order valence-electron chi connectivity index (χ1n) is 5.95. The average molecular weight is 235 g/mol. The van der Waals surface area contributed by atoms with Crippen LogP contribution in [0.1, 0.15) is 11.1 Å². The fourth-order valence-corrected chi connectivity index (χ4v) is 1.94. The van der Waals surface area contributed by atoms with Crippen LogP contribution in [0.5, 0.6) is 0 Å². The minimum atomic E-state index is 1.08. The van der Waals surface area contributed by atoms with Crippen molar-refractivity contribution < 1.29 is 0 Å². The van der Waals surface area contributed by atoms with Gasteiger partial charge < -0.3 is 4.98 Å². The van der Waals surface area contributed by atoms with Gasteiger partial charge >= 0.3 is 0 Å². The largest absolute Gasteiger partial charge is 0.361 e. The molecule has 1 nitrogen and oxygen atoms in total. The summed E-state index contributed by atoms with van der Waals surface area (Å²) < 4.78 is 0. The lowest BCUT2D eigenvalue weighted by Gasteiger charge is -2.04. The van der Waals surface area contributed by atoms with Crippen molar-refractivity contribution in [3.8, 4) is 11.3 Å². The van der Waals surface area contributed by atoms with E-state index < -0.39 is 0 Å².